The maximum absolute atomic E-state index is 12.8. The molecule has 1 aromatic carbocycles. The molecule has 0 saturated carbocycles. The molecule has 6 nitrogen and oxygen atoms in total. The van der Waals surface area contributed by atoms with Crippen LogP contribution < -0.4 is 5.32 Å². The second-order valence-electron chi connectivity index (χ2n) is 6.63. The van der Waals surface area contributed by atoms with Crippen LogP contribution in [-0.4, -0.2) is 35.9 Å². The van der Waals surface area contributed by atoms with E-state index in [4.69, 9.17) is 9.15 Å². The number of methoxy groups -OCH3 is 1. The average molecular weight is 367 g/mol. The van der Waals surface area contributed by atoms with Crippen LogP contribution >= 0.6 is 0 Å². The van der Waals surface area contributed by atoms with Gasteiger partial charge in [-0.15, -0.1) is 0 Å². The Kier molecular flexibility index (Phi) is 5.76. The number of ether oxygens (including phenoxy) is 1. The van der Waals surface area contributed by atoms with E-state index in [1.165, 1.54) is 0 Å². The summed E-state index contributed by atoms with van der Waals surface area (Å²) in [6, 6.07) is 11.6. The van der Waals surface area contributed by atoms with Gasteiger partial charge in [0.05, 0.1) is 5.69 Å². The Balaban J connectivity index is 1.99. The van der Waals surface area contributed by atoms with Crippen molar-refractivity contribution in [3.63, 3.8) is 0 Å². The Bertz CT molecular complexity index is 940. The van der Waals surface area contributed by atoms with Crippen LogP contribution in [0.2, 0.25) is 0 Å². The fraction of sp³-hybridized carbons (Fsp3) is 0.333. The number of nitrogens with zero attached hydrogens (tertiary/aromatic N) is 2. The lowest BCUT2D eigenvalue weighted by Gasteiger charge is -2.11. The lowest BCUT2D eigenvalue weighted by atomic mass is 10.1. The molecule has 0 radical (unpaired) electrons. The average Bonchev–Trinajstić information content (AvgIpc) is 3.25. The Morgan fingerprint density at radius 2 is 2.00 bits per heavy atom. The molecule has 2 aromatic heterocycles. The molecule has 142 valence electrons. The van der Waals surface area contributed by atoms with Crippen molar-refractivity contribution in [1.29, 1.82) is 0 Å². The number of rotatable bonds is 7. The summed E-state index contributed by atoms with van der Waals surface area (Å²) in [5, 5.41) is 7.59. The standard InChI is InChI=1S/C21H25N3O3/c1-14-6-8-18(15(2)12-14)24-19(21(25)22-10-5-11-26-4)13-17(23-24)20-9-7-16(3)27-20/h6-9,12-13H,5,10-11H2,1-4H3,(H,22,25). The zero-order valence-electron chi connectivity index (χ0n) is 16.2. The highest BCUT2D eigenvalue weighted by Crippen LogP contribution is 2.25. The summed E-state index contributed by atoms with van der Waals surface area (Å²) in [5.74, 6) is 1.27. The molecule has 0 aliphatic carbocycles. The maximum atomic E-state index is 12.8. The summed E-state index contributed by atoms with van der Waals surface area (Å²) in [6.45, 7) is 7.09. The van der Waals surface area contributed by atoms with Crippen molar-refractivity contribution in [1.82, 2.24) is 15.1 Å². The number of aryl methyl sites for hydroxylation is 3. The van der Waals surface area contributed by atoms with E-state index in [0.29, 0.717) is 30.3 Å². The van der Waals surface area contributed by atoms with E-state index < -0.39 is 0 Å². The molecule has 0 aliphatic rings. The Morgan fingerprint density at radius 1 is 1.19 bits per heavy atom. The summed E-state index contributed by atoms with van der Waals surface area (Å²) in [7, 11) is 1.65. The molecule has 0 bridgehead atoms. The van der Waals surface area contributed by atoms with Crippen molar-refractivity contribution >= 4 is 5.91 Å². The highest BCUT2D eigenvalue weighted by molar-refractivity contribution is 5.94. The van der Waals surface area contributed by atoms with E-state index in [9.17, 15) is 4.79 Å². The second kappa shape index (κ2) is 8.22. The number of benzene rings is 1. The monoisotopic (exact) mass is 367 g/mol. The van der Waals surface area contributed by atoms with Crippen molar-refractivity contribution in [2.45, 2.75) is 27.2 Å². The molecule has 3 aromatic rings. The van der Waals surface area contributed by atoms with Crippen LogP contribution in [0.3, 0.4) is 0 Å². The molecule has 27 heavy (non-hydrogen) atoms. The first-order valence-electron chi connectivity index (χ1n) is 9.01. The molecule has 0 fully saturated rings. The third-order valence-electron chi connectivity index (χ3n) is 4.33. The van der Waals surface area contributed by atoms with Gasteiger partial charge in [-0.1, -0.05) is 17.7 Å². The first-order valence-corrected chi connectivity index (χ1v) is 9.01. The number of aromatic nitrogens is 2. The van der Waals surface area contributed by atoms with Crippen LogP contribution in [0.4, 0.5) is 0 Å². The minimum absolute atomic E-state index is 0.173. The fourth-order valence-electron chi connectivity index (χ4n) is 2.97. The van der Waals surface area contributed by atoms with E-state index in [2.05, 4.69) is 16.5 Å². The van der Waals surface area contributed by atoms with Crippen LogP contribution in [0.5, 0.6) is 0 Å². The van der Waals surface area contributed by atoms with Gasteiger partial charge in [-0.2, -0.15) is 5.10 Å². The van der Waals surface area contributed by atoms with Gasteiger partial charge >= 0.3 is 0 Å². The Hall–Kier alpha value is -2.86. The van der Waals surface area contributed by atoms with Crippen molar-refractivity contribution in [3.8, 4) is 17.1 Å². The molecule has 0 spiro atoms. The highest BCUT2D eigenvalue weighted by Gasteiger charge is 2.19. The predicted octanol–water partition coefficient (Wildman–Crippen LogP) is 3.82. The number of amides is 1. The second-order valence-corrected chi connectivity index (χ2v) is 6.63. The quantitative estimate of drug-likeness (QED) is 0.645. The minimum atomic E-state index is -0.173. The van der Waals surface area contributed by atoms with Crippen LogP contribution in [0.25, 0.3) is 17.1 Å². The normalized spacial score (nSPS) is 11.0. The van der Waals surface area contributed by atoms with Gasteiger partial charge < -0.3 is 14.5 Å². The summed E-state index contributed by atoms with van der Waals surface area (Å²) in [6.07, 6.45) is 0.754. The molecule has 1 N–H and O–H groups in total. The molecular weight excluding hydrogens is 342 g/mol. The number of furan rings is 1. The van der Waals surface area contributed by atoms with Crippen molar-refractivity contribution in [3.05, 3.63) is 59.0 Å². The fourth-order valence-corrected chi connectivity index (χ4v) is 2.97. The SMILES string of the molecule is COCCCNC(=O)c1cc(-c2ccc(C)o2)nn1-c1ccc(C)cc1C. The van der Waals surface area contributed by atoms with Gasteiger partial charge in [0.1, 0.15) is 17.1 Å². The lowest BCUT2D eigenvalue weighted by molar-refractivity contribution is 0.0941. The van der Waals surface area contributed by atoms with Crippen LogP contribution in [-0.2, 0) is 4.74 Å². The first-order chi connectivity index (χ1) is 13.0. The molecule has 0 unspecified atom stereocenters. The molecule has 2 heterocycles. The van der Waals surface area contributed by atoms with Gasteiger partial charge in [-0.05, 0) is 51.0 Å². The lowest BCUT2D eigenvalue weighted by Crippen LogP contribution is -2.27. The number of hydrogen-bond acceptors (Lipinski definition) is 4. The van der Waals surface area contributed by atoms with E-state index in [1.54, 1.807) is 17.9 Å². The van der Waals surface area contributed by atoms with Gasteiger partial charge in [0, 0.05) is 26.3 Å². The van der Waals surface area contributed by atoms with Gasteiger partial charge in [0.2, 0.25) is 0 Å². The maximum Gasteiger partial charge on any atom is 0.270 e. The zero-order chi connectivity index (χ0) is 19.4. The van der Waals surface area contributed by atoms with E-state index >= 15 is 0 Å². The first kappa shape index (κ1) is 18.9. The number of nitrogens with one attached hydrogen (secondary N) is 1. The highest BCUT2D eigenvalue weighted by atomic mass is 16.5. The van der Waals surface area contributed by atoms with Crippen molar-refractivity contribution < 1.29 is 13.9 Å². The van der Waals surface area contributed by atoms with Crippen molar-refractivity contribution in [2.75, 3.05) is 20.3 Å². The van der Waals surface area contributed by atoms with Gasteiger partial charge in [0.25, 0.3) is 5.91 Å². The largest absolute Gasteiger partial charge is 0.460 e. The number of hydrogen-bond donors (Lipinski definition) is 1. The van der Waals surface area contributed by atoms with Crippen LogP contribution in [0.15, 0.2) is 40.8 Å². The third kappa shape index (κ3) is 4.28. The number of carbonyl (C=O) groups is 1. The molecule has 3 rings (SSSR count). The smallest absolute Gasteiger partial charge is 0.270 e. The summed E-state index contributed by atoms with van der Waals surface area (Å²) >= 11 is 0. The molecule has 0 atom stereocenters. The number of carbonyl (C=O) groups excluding carboxylic acids is 1. The summed E-state index contributed by atoms with van der Waals surface area (Å²) in [4.78, 5) is 12.8. The van der Waals surface area contributed by atoms with Gasteiger partial charge in [0.15, 0.2) is 5.76 Å². The van der Waals surface area contributed by atoms with Gasteiger partial charge in [-0.25, -0.2) is 4.68 Å². The predicted molar refractivity (Wildman–Crippen MR) is 104 cm³/mol. The topological polar surface area (TPSA) is 69.3 Å². The van der Waals surface area contributed by atoms with E-state index in [-0.39, 0.29) is 5.91 Å². The molecule has 6 heteroatoms. The minimum Gasteiger partial charge on any atom is -0.460 e. The van der Waals surface area contributed by atoms with Crippen LogP contribution in [0.1, 0.15) is 33.8 Å². The van der Waals surface area contributed by atoms with E-state index in [1.807, 2.05) is 45.0 Å². The van der Waals surface area contributed by atoms with E-state index in [0.717, 1.165) is 29.0 Å². The molecular formula is C21H25N3O3. The zero-order valence-corrected chi connectivity index (χ0v) is 16.2. The van der Waals surface area contributed by atoms with Crippen molar-refractivity contribution in [2.24, 2.45) is 0 Å². The molecule has 0 saturated heterocycles. The molecule has 1 amide bonds. The Morgan fingerprint density at radius 3 is 2.67 bits per heavy atom. The summed E-state index contributed by atoms with van der Waals surface area (Å²) in [5.41, 5.74) is 4.19. The van der Waals surface area contributed by atoms with Crippen LogP contribution in [0, 0.1) is 20.8 Å². The summed E-state index contributed by atoms with van der Waals surface area (Å²) < 4.78 is 12.4. The Labute approximate surface area is 159 Å². The van der Waals surface area contributed by atoms with Gasteiger partial charge in [-0.3, -0.25) is 4.79 Å². The molecule has 0 aliphatic heterocycles. The third-order valence-corrected chi connectivity index (χ3v) is 4.33.